The van der Waals surface area contributed by atoms with Crippen molar-refractivity contribution in [1.29, 1.82) is 0 Å². The highest BCUT2D eigenvalue weighted by atomic mass is 79.9. The minimum absolute atomic E-state index is 0.0494. The zero-order valence-corrected chi connectivity index (χ0v) is 11.4. The van der Waals surface area contributed by atoms with Gasteiger partial charge in [0.1, 0.15) is 0 Å². The Bertz CT molecular complexity index is 546. The van der Waals surface area contributed by atoms with Crippen molar-refractivity contribution in [2.24, 2.45) is 5.92 Å². The molecule has 0 radical (unpaired) electrons. The van der Waals surface area contributed by atoms with Crippen molar-refractivity contribution in [3.05, 3.63) is 34.9 Å². The lowest BCUT2D eigenvalue weighted by molar-refractivity contribution is 0.445. The monoisotopic (exact) mass is 297 g/mol. The molecular formula is C12H16BrN3O. The van der Waals surface area contributed by atoms with Gasteiger partial charge in [-0.3, -0.25) is 4.40 Å². The molecule has 0 spiro atoms. The number of halogens is 1. The van der Waals surface area contributed by atoms with Crippen LogP contribution >= 0.6 is 15.9 Å². The second-order valence-corrected chi connectivity index (χ2v) is 5.10. The average molecular weight is 298 g/mol. The molecule has 0 bridgehead atoms. The molecule has 2 aromatic rings. The van der Waals surface area contributed by atoms with Crippen LogP contribution in [0.15, 0.2) is 29.2 Å². The first-order valence-corrected chi connectivity index (χ1v) is 6.94. The third kappa shape index (κ3) is 2.77. The molecule has 0 N–H and O–H groups in total. The van der Waals surface area contributed by atoms with E-state index in [4.69, 9.17) is 0 Å². The van der Waals surface area contributed by atoms with Crippen LogP contribution in [-0.4, -0.2) is 19.5 Å². The first kappa shape index (κ1) is 12.4. The van der Waals surface area contributed by atoms with E-state index in [9.17, 15) is 4.79 Å². The summed E-state index contributed by atoms with van der Waals surface area (Å²) in [5.41, 5.74) is 0.664. The minimum Gasteiger partial charge on any atom is -0.250 e. The molecule has 0 fully saturated rings. The largest absolute Gasteiger partial charge is 0.350 e. The van der Waals surface area contributed by atoms with E-state index >= 15 is 0 Å². The third-order valence-electron chi connectivity index (χ3n) is 2.92. The Morgan fingerprint density at radius 2 is 2.24 bits per heavy atom. The number of rotatable bonds is 5. The molecule has 0 aromatic carbocycles. The van der Waals surface area contributed by atoms with Crippen molar-refractivity contribution in [2.75, 3.05) is 5.33 Å². The van der Waals surface area contributed by atoms with E-state index in [-0.39, 0.29) is 5.69 Å². The van der Waals surface area contributed by atoms with Crippen LogP contribution in [0.4, 0.5) is 0 Å². The van der Waals surface area contributed by atoms with E-state index in [0.29, 0.717) is 18.1 Å². The normalized spacial score (nSPS) is 13.1. The predicted molar refractivity (Wildman–Crippen MR) is 71.6 cm³/mol. The van der Waals surface area contributed by atoms with Crippen LogP contribution in [0.1, 0.15) is 19.8 Å². The third-order valence-corrected chi connectivity index (χ3v) is 3.38. The maximum Gasteiger partial charge on any atom is 0.350 e. The van der Waals surface area contributed by atoms with Gasteiger partial charge in [-0.1, -0.05) is 28.9 Å². The Balaban J connectivity index is 2.14. The summed E-state index contributed by atoms with van der Waals surface area (Å²) in [4.78, 5) is 12.0. The molecule has 5 heteroatoms. The predicted octanol–water partition coefficient (Wildman–Crippen LogP) is 2.31. The Hall–Kier alpha value is -1.10. The van der Waals surface area contributed by atoms with Crippen LogP contribution in [0, 0.1) is 5.92 Å². The highest BCUT2D eigenvalue weighted by Crippen LogP contribution is 2.09. The van der Waals surface area contributed by atoms with Gasteiger partial charge in [-0.25, -0.2) is 9.48 Å². The maximum absolute atomic E-state index is 12.0. The molecule has 4 nitrogen and oxygen atoms in total. The minimum atomic E-state index is -0.0494. The summed E-state index contributed by atoms with van der Waals surface area (Å²) in [7, 11) is 0. The zero-order chi connectivity index (χ0) is 12.3. The number of nitrogens with zero attached hydrogens (tertiary/aromatic N) is 3. The van der Waals surface area contributed by atoms with E-state index in [0.717, 1.165) is 18.2 Å². The summed E-state index contributed by atoms with van der Waals surface area (Å²) in [5, 5.41) is 5.31. The number of hydrogen-bond donors (Lipinski definition) is 0. The van der Waals surface area contributed by atoms with Gasteiger partial charge in [-0.05, 0) is 30.9 Å². The molecule has 2 aromatic heterocycles. The number of hydrogen-bond acceptors (Lipinski definition) is 2. The van der Waals surface area contributed by atoms with Crippen molar-refractivity contribution in [3.8, 4) is 0 Å². The first-order chi connectivity index (χ1) is 8.22. The number of fused-ring (bicyclic) bond motifs is 1. The second-order valence-electron chi connectivity index (χ2n) is 4.31. The number of aryl methyl sites for hydroxylation is 1. The number of alkyl halides is 1. The number of aromatic nitrogens is 3. The highest BCUT2D eigenvalue weighted by molar-refractivity contribution is 9.09. The fourth-order valence-electron chi connectivity index (χ4n) is 1.79. The molecule has 0 saturated heterocycles. The Morgan fingerprint density at radius 1 is 1.41 bits per heavy atom. The molecule has 0 aliphatic heterocycles. The van der Waals surface area contributed by atoms with E-state index < -0.39 is 0 Å². The molecule has 0 aliphatic rings. The van der Waals surface area contributed by atoms with Gasteiger partial charge in [0, 0.05) is 18.1 Å². The lowest BCUT2D eigenvalue weighted by Crippen LogP contribution is -2.22. The van der Waals surface area contributed by atoms with Gasteiger partial charge in [0.25, 0.3) is 0 Å². The summed E-state index contributed by atoms with van der Waals surface area (Å²) in [5.74, 6) is 0.603. The van der Waals surface area contributed by atoms with E-state index in [1.54, 1.807) is 15.3 Å². The molecular weight excluding hydrogens is 282 g/mol. The molecule has 0 amide bonds. The van der Waals surface area contributed by atoms with Crippen molar-refractivity contribution < 1.29 is 0 Å². The summed E-state index contributed by atoms with van der Waals surface area (Å²) in [6.45, 7) is 2.89. The Kier molecular flexibility index (Phi) is 3.99. The van der Waals surface area contributed by atoms with Crippen LogP contribution in [0.25, 0.3) is 5.65 Å². The van der Waals surface area contributed by atoms with Crippen molar-refractivity contribution in [2.45, 2.75) is 26.3 Å². The summed E-state index contributed by atoms with van der Waals surface area (Å²) in [6.07, 6.45) is 3.86. The summed E-state index contributed by atoms with van der Waals surface area (Å²) >= 11 is 3.43. The lowest BCUT2D eigenvalue weighted by atomic mass is 10.1. The van der Waals surface area contributed by atoms with Gasteiger partial charge in [0.2, 0.25) is 0 Å². The molecule has 1 atom stereocenters. The van der Waals surface area contributed by atoms with Crippen LogP contribution in [0.5, 0.6) is 0 Å². The fourth-order valence-corrected chi connectivity index (χ4v) is 2.57. The van der Waals surface area contributed by atoms with Crippen LogP contribution in [0.3, 0.4) is 0 Å². The van der Waals surface area contributed by atoms with Crippen LogP contribution in [0.2, 0.25) is 0 Å². The SMILES string of the molecule is CC(CCBr)CCn1nc2ccccn2c1=O. The van der Waals surface area contributed by atoms with Gasteiger partial charge in [-0.2, -0.15) is 0 Å². The van der Waals surface area contributed by atoms with Crippen LogP contribution < -0.4 is 5.69 Å². The Morgan fingerprint density at radius 3 is 2.94 bits per heavy atom. The quantitative estimate of drug-likeness (QED) is 0.795. The number of pyridine rings is 1. The standard InChI is InChI=1S/C12H16BrN3O/c1-10(5-7-13)6-9-16-12(17)15-8-3-2-4-11(15)14-16/h2-4,8,10H,5-7,9H2,1H3. The fraction of sp³-hybridized carbons (Fsp3) is 0.500. The molecule has 2 heterocycles. The zero-order valence-electron chi connectivity index (χ0n) is 9.84. The van der Waals surface area contributed by atoms with E-state index in [1.807, 2.05) is 18.2 Å². The maximum atomic E-state index is 12.0. The van der Waals surface area contributed by atoms with Crippen molar-refractivity contribution >= 4 is 21.6 Å². The summed E-state index contributed by atoms with van der Waals surface area (Å²) in [6, 6.07) is 5.58. The topological polar surface area (TPSA) is 39.3 Å². The molecule has 0 saturated carbocycles. The highest BCUT2D eigenvalue weighted by Gasteiger charge is 2.07. The second kappa shape index (κ2) is 5.49. The molecule has 17 heavy (non-hydrogen) atoms. The van der Waals surface area contributed by atoms with Gasteiger partial charge >= 0.3 is 5.69 Å². The molecule has 2 rings (SSSR count). The van der Waals surface area contributed by atoms with Gasteiger partial charge in [0.05, 0.1) is 0 Å². The smallest absolute Gasteiger partial charge is 0.250 e. The summed E-state index contributed by atoms with van der Waals surface area (Å²) < 4.78 is 3.13. The lowest BCUT2D eigenvalue weighted by Gasteiger charge is -2.07. The van der Waals surface area contributed by atoms with Crippen LogP contribution in [-0.2, 0) is 6.54 Å². The van der Waals surface area contributed by atoms with E-state index in [2.05, 4.69) is 28.0 Å². The van der Waals surface area contributed by atoms with Gasteiger partial charge < -0.3 is 0 Å². The molecule has 92 valence electrons. The van der Waals surface area contributed by atoms with Gasteiger partial charge in [0.15, 0.2) is 5.65 Å². The van der Waals surface area contributed by atoms with E-state index in [1.165, 1.54) is 0 Å². The van der Waals surface area contributed by atoms with Crippen molar-refractivity contribution in [1.82, 2.24) is 14.2 Å². The van der Waals surface area contributed by atoms with Gasteiger partial charge in [-0.15, -0.1) is 5.10 Å². The van der Waals surface area contributed by atoms with Crippen molar-refractivity contribution in [3.63, 3.8) is 0 Å². The average Bonchev–Trinajstić information content (AvgIpc) is 2.65. The first-order valence-electron chi connectivity index (χ1n) is 5.82. The molecule has 1 unspecified atom stereocenters. The molecule has 0 aliphatic carbocycles. The Labute approximate surface area is 108 Å².